The largest absolute Gasteiger partial charge is 0.496 e. The molecule has 150 valence electrons. The Morgan fingerprint density at radius 2 is 1.58 bits per heavy atom. The summed E-state index contributed by atoms with van der Waals surface area (Å²) in [6, 6.07) is 3.75. The molecular formula is C19H34IN3O3. The van der Waals surface area contributed by atoms with E-state index in [1.165, 1.54) is 12.8 Å². The second kappa shape index (κ2) is 13.8. The average Bonchev–Trinajstić information content (AvgIpc) is 2.62. The molecule has 1 aromatic carbocycles. The van der Waals surface area contributed by atoms with Gasteiger partial charge in [0.15, 0.2) is 17.5 Å². The summed E-state index contributed by atoms with van der Waals surface area (Å²) in [7, 11) is 6.65. The third-order valence-electron chi connectivity index (χ3n) is 3.96. The van der Waals surface area contributed by atoms with Gasteiger partial charge in [0.1, 0.15) is 5.75 Å². The van der Waals surface area contributed by atoms with E-state index in [1.54, 1.807) is 28.4 Å². The van der Waals surface area contributed by atoms with E-state index in [9.17, 15) is 0 Å². The van der Waals surface area contributed by atoms with E-state index in [0.29, 0.717) is 18.0 Å². The number of guanidine groups is 1. The third-order valence-corrected chi connectivity index (χ3v) is 3.96. The molecule has 0 aromatic heterocycles. The van der Waals surface area contributed by atoms with Crippen LogP contribution in [0, 0.1) is 5.92 Å². The van der Waals surface area contributed by atoms with Crippen molar-refractivity contribution in [3.05, 3.63) is 17.7 Å². The summed E-state index contributed by atoms with van der Waals surface area (Å²) >= 11 is 0. The molecule has 6 nitrogen and oxygen atoms in total. The van der Waals surface area contributed by atoms with Crippen LogP contribution < -0.4 is 24.8 Å². The molecule has 0 atom stereocenters. The maximum absolute atomic E-state index is 5.45. The molecule has 0 aliphatic heterocycles. The van der Waals surface area contributed by atoms with E-state index in [2.05, 4.69) is 29.5 Å². The van der Waals surface area contributed by atoms with E-state index in [1.807, 2.05) is 12.1 Å². The predicted octanol–water partition coefficient (Wildman–Crippen LogP) is 3.82. The predicted molar refractivity (Wildman–Crippen MR) is 118 cm³/mol. The van der Waals surface area contributed by atoms with Crippen molar-refractivity contribution in [3.8, 4) is 17.2 Å². The third kappa shape index (κ3) is 8.33. The lowest BCUT2D eigenvalue weighted by molar-refractivity contribution is 0.347. The Balaban J connectivity index is 0.00000625. The van der Waals surface area contributed by atoms with E-state index >= 15 is 0 Å². The highest BCUT2D eigenvalue weighted by molar-refractivity contribution is 14.0. The number of unbranched alkanes of at least 4 members (excludes halogenated alkanes) is 1. The molecule has 0 radical (unpaired) electrons. The van der Waals surface area contributed by atoms with Crippen LogP contribution in [0.4, 0.5) is 0 Å². The Hall–Kier alpha value is -1.38. The molecular weight excluding hydrogens is 445 g/mol. The Bertz CT molecular complexity index is 551. The van der Waals surface area contributed by atoms with Gasteiger partial charge in [-0.2, -0.15) is 0 Å². The second-order valence-electron chi connectivity index (χ2n) is 6.26. The van der Waals surface area contributed by atoms with Gasteiger partial charge in [-0.1, -0.05) is 26.7 Å². The molecule has 0 aliphatic carbocycles. The minimum Gasteiger partial charge on any atom is -0.496 e. The van der Waals surface area contributed by atoms with Crippen molar-refractivity contribution in [2.75, 3.05) is 34.9 Å². The van der Waals surface area contributed by atoms with Crippen molar-refractivity contribution in [2.24, 2.45) is 10.9 Å². The standard InChI is InChI=1S/C19H33N3O3.HI/c1-14(2)9-7-8-10-21-19(20-3)22-13-15-11-17(24-5)18(25-6)12-16(15)23-4;/h11-12,14H,7-10,13H2,1-6H3,(H2,20,21,22);1H. The van der Waals surface area contributed by atoms with Crippen LogP contribution in [0.3, 0.4) is 0 Å². The van der Waals surface area contributed by atoms with E-state index in [0.717, 1.165) is 36.2 Å². The topological polar surface area (TPSA) is 64.1 Å². The SMILES string of the molecule is CN=C(NCCCCC(C)C)NCc1cc(OC)c(OC)cc1OC.I. The molecule has 0 heterocycles. The first-order valence-electron chi connectivity index (χ1n) is 8.79. The van der Waals surface area contributed by atoms with Crippen LogP contribution in [0.2, 0.25) is 0 Å². The number of ether oxygens (including phenoxy) is 3. The number of benzene rings is 1. The molecule has 1 rings (SSSR count). The Morgan fingerprint density at radius 1 is 0.962 bits per heavy atom. The van der Waals surface area contributed by atoms with Gasteiger partial charge in [0.25, 0.3) is 0 Å². The van der Waals surface area contributed by atoms with Crippen molar-refractivity contribution in [1.29, 1.82) is 0 Å². The highest BCUT2D eigenvalue weighted by Crippen LogP contribution is 2.34. The molecule has 1 aromatic rings. The van der Waals surface area contributed by atoms with Crippen LogP contribution in [-0.4, -0.2) is 40.9 Å². The summed E-state index contributed by atoms with van der Waals surface area (Å²) in [4.78, 5) is 4.27. The van der Waals surface area contributed by atoms with Crippen LogP contribution in [-0.2, 0) is 6.54 Å². The molecule has 0 unspecified atom stereocenters. The van der Waals surface area contributed by atoms with Gasteiger partial charge in [0.05, 0.1) is 21.3 Å². The summed E-state index contributed by atoms with van der Waals surface area (Å²) in [5.41, 5.74) is 0.975. The first-order chi connectivity index (χ1) is 12.0. The van der Waals surface area contributed by atoms with Crippen molar-refractivity contribution in [2.45, 2.75) is 39.7 Å². The zero-order chi connectivity index (χ0) is 18.7. The smallest absolute Gasteiger partial charge is 0.191 e. The van der Waals surface area contributed by atoms with Crippen LogP contribution >= 0.6 is 24.0 Å². The van der Waals surface area contributed by atoms with Crippen LogP contribution in [0.15, 0.2) is 17.1 Å². The zero-order valence-electron chi connectivity index (χ0n) is 16.8. The highest BCUT2D eigenvalue weighted by atomic mass is 127. The lowest BCUT2D eigenvalue weighted by Crippen LogP contribution is -2.37. The first-order valence-corrected chi connectivity index (χ1v) is 8.79. The van der Waals surface area contributed by atoms with Gasteiger partial charge in [-0.3, -0.25) is 4.99 Å². The monoisotopic (exact) mass is 479 g/mol. The number of methoxy groups -OCH3 is 3. The van der Waals surface area contributed by atoms with Gasteiger partial charge in [-0.25, -0.2) is 0 Å². The molecule has 0 bridgehead atoms. The van der Waals surface area contributed by atoms with Crippen LogP contribution in [0.25, 0.3) is 0 Å². The Morgan fingerprint density at radius 3 is 2.12 bits per heavy atom. The Labute approximate surface area is 175 Å². The maximum atomic E-state index is 5.45. The van der Waals surface area contributed by atoms with Gasteiger partial charge >= 0.3 is 0 Å². The highest BCUT2D eigenvalue weighted by Gasteiger charge is 2.12. The first kappa shape index (κ1) is 24.6. The quantitative estimate of drug-likeness (QED) is 0.231. The van der Waals surface area contributed by atoms with E-state index in [-0.39, 0.29) is 24.0 Å². The molecule has 0 saturated carbocycles. The molecule has 0 aliphatic rings. The normalized spacial score (nSPS) is 11.0. The fraction of sp³-hybridized carbons (Fsp3) is 0.632. The van der Waals surface area contributed by atoms with Gasteiger partial charge in [0, 0.05) is 31.8 Å². The molecule has 26 heavy (non-hydrogen) atoms. The summed E-state index contributed by atoms with van der Waals surface area (Å²) in [5.74, 6) is 3.61. The Kier molecular flexibility index (Phi) is 13.0. The molecule has 0 amide bonds. The van der Waals surface area contributed by atoms with Gasteiger partial charge in [-0.15, -0.1) is 24.0 Å². The summed E-state index contributed by atoms with van der Waals surface area (Å²) < 4.78 is 16.1. The van der Waals surface area contributed by atoms with Crippen molar-refractivity contribution in [1.82, 2.24) is 10.6 Å². The minimum atomic E-state index is 0. The van der Waals surface area contributed by atoms with Crippen molar-refractivity contribution < 1.29 is 14.2 Å². The van der Waals surface area contributed by atoms with Gasteiger partial charge in [0.2, 0.25) is 0 Å². The van der Waals surface area contributed by atoms with Crippen LogP contribution in [0.1, 0.15) is 38.7 Å². The molecule has 0 saturated heterocycles. The fourth-order valence-electron chi connectivity index (χ4n) is 2.51. The van der Waals surface area contributed by atoms with Crippen molar-refractivity contribution >= 4 is 29.9 Å². The van der Waals surface area contributed by atoms with Gasteiger partial charge < -0.3 is 24.8 Å². The lowest BCUT2D eigenvalue weighted by Gasteiger charge is -2.16. The molecule has 0 fully saturated rings. The number of nitrogens with zero attached hydrogens (tertiary/aromatic N) is 1. The van der Waals surface area contributed by atoms with E-state index in [4.69, 9.17) is 14.2 Å². The lowest BCUT2D eigenvalue weighted by atomic mass is 10.1. The van der Waals surface area contributed by atoms with Crippen molar-refractivity contribution in [3.63, 3.8) is 0 Å². The number of hydrogen-bond donors (Lipinski definition) is 2. The molecule has 2 N–H and O–H groups in total. The summed E-state index contributed by atoms with van der Waals surface area (Å²) in [5, 5.41) is 6.66. The maximum Gasteiger partial charge on any atom is 0.191 e. The summed E-state index contributed by atoms with van der Waals surface area (Å²) in [6.07, 6.45) is 3.63. The van der Waals surface area contributed by atoms with Crippen LogP contribution in [0.5, 0.6) is 17.2 Å². The zero-order valence-corrected chi connectivity index (χ0v) is 19.2. The number of hydrogen-bond acceptors (Lipinski definition) is 4. The summed E-state index contributed by atoms with van der Waals surface area (Å²) in [6.45, 7) is 6.00. The van der Waals surface area contributed by atoms with Gasteiger partial charge in [-0.05, 0) is 18.4 Å². The minimum absolute atomic E-state index is 0. The van der Waals surface area contributed by atoms with E-state index < -0.39 is 0 Å². The fourth-order valence-corrected chi connectivity index (χ4v) is 2.51. The number of nitrogens with one attached hydrogen (secondary N) is 2. The second-order valence-corrected chi connectivity index (χ2v) is 6.26. The number of rotatable bonds is 10. The number of aliphatic imine (C=N–C) groups is 1. The molecule has 7 heteroatoms. The number of halogens is 1. The average molecular weight is 479 g/mol. The molecule has 0 spiro atoms.